The molecule has 0 saturated heterocycles. The van der Waals surface area contributed by atoms with E-state index in [1.165, 1.54) is 0 Å². The molecule has 0 aliphatic carbocycles. The fourth-order valence-electron chi connectivity index (χ4n) is 1.55. The van der Waals surface area contributed by atoms with Crippen molar-refractivity contribution in [3.8, 4) is 0 Å². The van der Waals surface area contributed by atoms with E-state index in [2.05, 4.69) is 10.1 Å². The molecule has 3 N–H and O–H groups in total. The summed E-state index contributed by atoms with van der Waals surface area (Å²) < 4.78 is 4.56. The maximum absolute atomic E-state index is 11.6. The number of hydrogen-bond donors (Lipinski definition) is 3. The van der Waals surface area contributed by atoms with E-state index in [-0.39, 0.29) is 0 Å². The molecule has 0 heterocycles. The van der Waals surface area contributed by atoms with Crippen molar-refractivity contribution in [1.29, 1.82) is 0 Å². The Kier molecular flexibility index (Phi) is 5.67. The number of benzene rings is 1. The lowest BCUT2D eigenvalue weighted by Crippen LogP contribution is -2.37. The lowest BCUT2D eigenvalue weighted by molar-refractivity contribution is -0.143. The Morgan fingerprint density at radius 3 is 2.30 bits per heavy atom. The molecule has 1 aromatic carbocycles. The molecule has 0 aromatic heterocycles. The summed E-state index contributed by atoms with van der Waals surface area (Å²) in [4.78, 5) is 33.1. The molecule has 1 aromatic rings. The van der Waals surface area contributed by atoms with Crippen molar-refractivity contribution in [2.75, 3.05) is 18.5 Å². The van der Waals surface area contributed by atoms with Gasteiger partial charge in [0.25, 0.3) is 5.91 Å². The summed E-state index contributed by atoms with van der Waals surface area (Å²) in [7, 11) is 0. The summed E-state index contributed by atoms with van der Waals surface area (Å²) in [5.74, 6) is -1.90. The predicted molar refractivity (Wildman–Crippen MR) is 71.5 cm³/mol. The number of urea groups is 1. The monoisotopic (exact) mass is 280 g/mol. The van der Waals surface area contributed by atoms with Gasteiger partial charge in [0.2, 0.25) is 0 Å². The summed E-state index contributed by atoms with van der Waals surface area (Å²) in [6.07, 6.45) is 0. The third kappa shape index (κ3) is 5.07. The molecule has 1 rings (SSSR count). The quantitative estimate of drug-likeness (QED) is 0.747. The van der Waals surface area contributed by atoms with E-state index >= 15 is 0 Å². The predicted octanol–water partition coefficient (Wildman–Crippen LogP) is 1.05. The topological polar surface area (TPSA) is 105 Å². The molecule has 3 amide bonds. The van der Waals surface area contributed by atoms with Gasteiger partial charge in [0.1, 0.15) is 13.2 Å². The van der Waals surface area contributed by atoms with Gasteiger partial charge < -0.3 is 15.2 Å². The normalized spacial score (nSPS) is 9.90. The van der Waals surface area contributed by atoms with Crippen LogP contribution in [-0.4, -0.2) is 36.2 Å². The van der Waals surface area contributed by atoms with Crippen LogP contribution in [0.3, 0.4) is 0 Å². The van der Waals surface area contributed by atoms with E-state index in [0.717, 1.165) is 11.1 Å². The van der Waals surface area contributed by atoms with Crippen molar-refractivity contribution in [2.45, 2.75) is 13.8 Å². The third-order valence-corrected chi connectivity index (χ3v) is 2.43. The zero-order valence-corrected chi connectivity index (χ0v) is 11.2. The zero-order valence-electron chi connectivity index (χ0n) is 11.2. The lowest BCUT2D eigenvalue weighted by atomic mass is 10.1. The fourth-order valence-corrected chi connectivity index (χ4v) is 1.55. The van der Waals surface area contributed by atoms with E-state index in [1.807, 2.05) is 37.4 Å². The summed E-state index contributed by atoms with van der Waals surface area (Å²) in [6, 6.07) is 4.84. The van der Waals surface area contributed by atoms with E-state index in [1.54, 1.807) is 0 Å². The Bertz CT molecular complexity index is 507. The standard InChI is InChI=1S/C13H16N2O5/c1-8-4-3-5-9(2)12(8)15-13(19)14-10(16)6-20-7-11(17)18/h3-5H,6-7H2,1-2H3,(H,17,18)(H2,14,15,16,19). The fraction of sp³-hybridized carbons (Fsp3) is 0.308. The minimum atomic E-state index is -1.18. The number of carboxylic acids is 1. The molecule has 0 spiro atoms. The van der Waals surface area contributed by atoms with Crippen LogP contribution in [0.15, 0.2) is 18.2 Å². The maximum Gasteiger partial charge on any atom is 0.329 e. The molecular weight excluding hydrogens is 264 g/mol. The maximum atomic E-state index is 11.6. The van der Waals surface area contributed by atoms with Crippen molar-refractivity contribution in [3.05, 3.63) is 29.3 Å². The van der Waals surface area contributed by atoms with E-state index in [0.29, 0.717) is 5.69 Å². The lowest BCUT2D eigenvalue weighted by Gasteiger charge is -2.11. The number of ether oxygens (including phenoxy) is 1. The molecule has 108 valence electrons. The van der Waals surface area contributed by atoms with Crippen LogP contribution in [0.1, 0.15) is 11.1 Å². The molecule has 0 bridgehead atoms. The Hall–Kier alpha value is -2.41. The first-order valence-corrected chi connectivity index (χ1v) is 5.86. The van der Waals surface area contributed by atoms with Crippen molar-refractivity contribution in [1.82, 2.24) is 5.32 Å². The van der Waals surface area contributed by atoms with Crippen LogP contribution < -0.4 is 10.6 Å². The number of aliphatic carboxylic acids is 1. The molecule has 7 heteroatoms. The van der Waals surface area contributed by atoms with Gasteiger partial charge in [0, 0.05) is 5.69 Å². The molecule has 0 radical (unpaired) electrons. The van der Waals surface area contributed by atoms with E-state index < -0.39 is 31.1 Å². The number of carbonyl (C=O) groups is 3. The Morgan fingerprint density at radius 2 is 1.75 bits per heavy atom. The number of carbonyl (C=O) groups excluding carboxylic acids is 2. The number of aryl methyl sites for hydroxylation is 2. The molecule has 0 fully saturated rings. The first-order valence-electron chi connectivity index (χ1n) is 5.86. The number of amides is 3. The first-order chi connectivity index (χ1) is 9.40. The van der Waals surface area contributed by atoms with E-state index in [9.17, 15) is 14.4 Å². The number of para-hydroxylation sites is 1. The average Bonchev–Trinajstić information content (AvgIpc) is 2.33. The number of imide groups is 1. The van der Waals surface area contributed by atoms with Gasteiger partial charge in [-0.25, -0.2) is 9.59 Å². The third-order valence-electron chi connectivity index (χ3n) is 2.43. The van der Waals surface area contributed by atoms with Gasteiger partial charge in [-0.2, -0.15) is 0 Å². The molecule has 0 aliphatic heterocycles. The highest BCUT2D eigenvalue weighted by Gasteiger charge is 2.11. The molecule has 0 saturated carbocycles. The van der Waals surface area contributed by atoms with Crippen molar-refractivity contribution < 1.29 is 24.2 Å². The molecular formula is C13H16N2O5. The van der Waals surface area contributed by atoms with Crippen LogP contribution in [0.2, 0.25) is 0 Å². The number of anilines is 1. The van der Waals surface area contributed by atoms with Gasteiger partial charge in [-0.1, -0.05) is 18.2 Å². The number of rotatable bonds is 5. The summed E-state index contributed by atoms with van der Waals surface area (Å²) in [6.45, 7) is 2.58. The molecule has 7 nitrogen and oxygen atoms in total. The second-order valence-corrected chi connectivity index (χ2v) is 4.16. The Labute approximate surface area is 115 Å². The van der Waals surface area contributed by atoms with Gasteiger partial charge in [-0.15, -0.1) is 0 Å². The van der Waals surface area contributed by atoms with Crippen LogP contribution in [0.5, 0.6) is 0 Å². The minimum absolute atomic E-state index is 0.494. The van der Waals surface area contributed by atoms with Crippen molar-refractivity contribution >= 4 is 23.6 Å². The Morgan fingerprint density at radius 1 is 1.15 bits per heavy atom. The van der Waals surface area contributed by atoms with Gasteiger partial charge >= 0.3 is 12.0 Å². The van der Waals surface area contributed by atoms with E-state index in [4.69, 9.17) is 5.11 Å². The second-order valence-electron chi connectivity index (χ2n) is 4.16. The van der Waals surface area contributed by atoms with Crippen LogP contribution in [0.4, 0.5) is 10.5 Å². The zero-order chi connectivity index (χ0) is 15.1. The average molecular weight is 280 g/mol. The highest BCUT2D eigenvalue weighted by Crippen LogP contribution is 2.18. The molecule has 0 atom stereocenters. The van der Waals surface area contributed by atoms with Crippen LogP contribution in [0, 0.1) is 13.8 Å². The van der Waals surface area contributed by atoms with Gasteiger partial charge in [-0.05, 0) is 25.0 Å². The minimum Gasteiger partial charge on any atom is -0.480 e. The molecule has 0 unspecified atom stereocenters. The highest BCUT2D eigenvalue weighted by molar-refractivity contribution is 6.02. The van der Waals surface area contributed by atoms with Crippen LogP contribution in [-0.2, 0) is 14.3 Å². The summed E-state index contributed by atoms with van der Waals surface area (Å²) in [5, 5.41) is 12.9. The highest BCUT2D eigenvalue weighted by atomic mass is 16.5. The second kappa shape index (κ2) is 7.25. The first kappa shape index (κ1) is 15.6. The van der Waals surface area contributed by atoms with Gasteiger partial charge in [0.05, 0.1) is 0 Å². The smallest absolute Gasteiger partial charge is 0.329 e. The number of nitrogens with one attached hydrogen (secondary N) is 2. The van der Waals surface area contributed by atoms with Crippen molar-refractivity contribution in [3.63, 3.8) is 0 Å². The van der Waals surface area contributed by atoms with Gasteiger partial charge in [-0.3, -0.25) is 10.1 Å². The number of hydrogen-bond acceptors (Lipinski definition) is 4. The van der Waals surface area contributed by atoms with Gasteiger partial charge in [0.15, 0.2) is 0 Å². The summed E-state index contributed by atoms with van der Waals surface area (Å²) in [5.41, 5.74) is 2.37. The largest absolute Gasteiger partial charge is 0.480 e. The van der Waals surface area contributed by atoms with Crippen molar-refractivity contribution in [2.24, 2.45) is 0 Å². The Balaban J connectivity index is 2.47. The molecule has 20 heavy (non-hydrogen) atoms. The SMILES string of the molecule is Cc1cccc(C)c1NC(=O)NC(=O)COCC(=O)O. The number of carboxylic acid groups (broad SMARTS) is 1. The van der Waals surface area contributed by atoms with Crippen LogP contribution in [0.25, 0.3) is 0 Å². The summed E-state index contributed by atoms with van der Waals surface area (Å²) >= 11 is 0. The molecule has 0 aliphatic rings. The van der Waals surface area contributed by atoms with Crippen LogP contribution >= 0.6 is 0 Å².